The maximum Gasteiger partial charge on any atom is 0.338 e. The molecule has 0 fully saturated rings. The zero-order chi connectivity index (χ0) is 22.3. The van der Waals surface area contributed by atoms with Gasteiger partial charge in [-0.3, -0.25) is 0 Å². The Kier molecular flexibility index (Phi) is 6.90. The molecule has 1 aliphatic heterocycles. The number of fused-ring (bicyclic) bond motifs is 1. The van der Waals surface area contributed by atoms with Crippen molar-refractivity contribution in [2.45, 2.75) is 26.7 Å². The fraction of sp³-hybridized carbons (Fsp3) is 0.250. The molecule has 3 aromatic carbocycles. The van der Waals surface area contributed by atoms with Crippen LogP contribution in [0.5, 0.6) is 5.75 Å². The zero-order valence-corrected chi connectivity index (χ0v) is 18.7. The first-order valence-electron chi connectivity index (χ1n) is 11.2. The average Bonchev–Trinajstić information content (AvgIpc) is 2.80. The van der Waals surface area contributed by atoms with Crippen molar-refractivity contribution in [3.8, 4) is 5.75 Å². The first-order chi connectivity index (χ1) is 15.7. The molecule has 0 amide bonds. The molecule has 0 saturated heterocycles. The van der Waals surface area contributed by atoms with Crippen LogP contribution in [0.4, 0.5) is 11.4 Å². The van der Waals surface area contributed by atoms with Gasteiger partial charge in [0.1, 0.15) is 12.4 Å². The third kappa shape index (κ3) is 4.70. The fourth-order valence-electron chi connectivity index (χ4n) is 4.22. The van der Waals surface area contributed by atoms with Gasteiger partial charge in [0, 0.05) is 12.2 Å². The highest BCUT2D eigenvalue weighted by molar-refractivity contribution is 5.96. The Bertz CT molecular complexity index is 1090. The minimum atomic E-state index is -0.276. The molecule has 4 rings (SSSR count). The number of carbonyl (C=O) groups is 1. The van der Waals surface area contributed by atoms with Crippen molar-refractivity contribution in [2.75, 3.05) is 24.7 Å². The first-order valence-corrected chi connectivity index (χ1v) is 11.2. The van der Waals surface area contributed by atoms with Gasteiger partial charge in [-0.15, -0.1) is 0 Å². The molecule has 0 spiro atoms. The van der Waals surface area contributed by atoms with E-state index < -0.39 is 0 Å². The number of nitrogens with zero attached hydrogens (tertiary/aromatic N) is 1. The number of rotatable bonds is 6. The number of ether oxygens (including phenoxy) is 2. The molecule has 0 bridgehead atoms. The van der Waals surface area contributed by atoms with Crippen molar-refractivity contribution >= 4 is 17.3 Å². The Labute approximate surface area is 190 Å². The topological polar surface area (TPSA) is 38.8 Å². The van der Waals surface area contributed by atoms with Gasteiger partial charge in [0.05, 0.1) is 17.9 Å². The maximum absolute atomic E-state index is 13.1. The van der Waals surface area contributed by atoms with E-state index in [1.165, 1.54) is 5.56 Å². The predicted molar refractivity (Wildman–Crippen MR) is 129 cm³/mol. The van der Waals surface area contributed by atoms with Crippen LogP contribution in [0.3, 0.4) is 0 Å². The van der Waals surface area contributed by atoms with Crippen LogP contribution in [0.1, 0.15) is 34.0 Å². The summed E-state index contributed by atoms with van der Waals surface area (Å²) in [6.07, 6.45) is 5.71. The molecule has 1 heterocycles. The summed E-state index contributed by atoms with van der Waals surface area (Å²) in [7, 11) is 0. The highest BCUT2D eigenvalue weighted by Gasteiger charge is 2.26. The van der Waals surface area contributed by atoms with Gasteiger partial charge in [0.15, 0.2) is 0 Å². The summed E-state index contributed by atoms with van der Waals surface area (Å²) in [5, 5.41) is 0. The number of benzene rings is 3. The van der Waals surface area contributed by atoms with E-state index in [0.717, 1.165) is 41.1 Å². The van der Waals surface area contributed by atoms with E-state index in [1.807, 2.05) is 62.4 Å². The highest BCUT2D eigenvalue weighted by Crippen LogP contribution is 2.41. The number of carbonyl (C=O) groups excluding carboxylic acids is 1. The third-order valence-electron chi connectivity index (χ3n) is 5.72. The van der Waals surface area contributed by atoms with Crippen LogP contribution in [0.2, 0.25) is 0 Å². The van der Waals surface area contributed by atoms with E-state index in [1.54, 1.807) is 0 Å². The molecule has 1 aliphatic rings. The number of anilines is 2. The van der Waals surface area contributed by atoms with Gasteiger partial charge in [-0.1, -0.05) is 54.6 Å². The van der Waals surface area contributed by atoms with Gasteiger partial charge in [-0.2, -0.15) is 0 Å². The number of para-hydroxylation sites is 1. The second kappa shape index (κ2) is 10.2. The van der Waals surface area contributed by atoms with E-state index in [4.69, 9.17) is 9.47 Å². The van der Waals surface area contributed by atoms with Crippen molar-refractivity contribution < 1.29 is 14.3 Å². The smallest absolute Gasteiger partial charge is 0.338 e. The van der Waals surface area contributed by atoms with Crippen LogP contribution in [0, 0.1) is 6.92 Å². The quantitative estimate of drug-likeness (QED) is 0.355. The van der Waals surface area contributed by atoms with Crippen molar-refractivity contribution in [1.82, 2.24) is 0 Å². The second-order valence-corrected chi connectivity index (χ2v) is 7.82. The summed E-state index contributed by atoms with van der Waals surface area (Å²) in [6.45, 7) is 5.39. The third-order valence-corrected chi connectivity index (χ3v) is 5.72. The monoisotopic (exact) mass is 427 g/mol. The van der Waals surface area contributed by atoms with Crippen LogP contribution in [-0.2, 0) is 17.6 Å². The van der Waals surface area contributed by atoms with Crippen molar-refractivity contribution in [2.24, 2.45) is 0 Å². The maximum atomic E-state index is 13.1. The molecular weight excluding hydrogens is 398 g/mol. The molecule has 0 atom stereocenters. The highest BCUT2D eigenvalue weighted by atomic mass is 16.5. The average molecular weight is 428 g/mol. The van der Waals surface area contributed by atoms with Crippen LogP contribution >= 0.6 is 0 Å². The predicted octanol–water partition coefficient (Wildman–Crippen LogP) is 6.04. The van der Waals surface area contributed by atoms with Gasteiger partial charge >= 0.3 is 5.97 Å². The SMILES string of the molecule is CCOC(=O)c1c(CCc2ccccc2)cc2c(c1C)N(c1ccccc1)C/C=C\CO2. The number of aryl methyl sites for hydroxylation is 2. The molecule has 0 aromatic heterocycles. The Morgan fingerprint density at radius 2 is 1.72 bits per heavy atom. The van der Waals surface area contributed by atoms with Crippen LogP contribution in [0.15, 0.2) is 78.9 Å². The Balaban J connectivity index is 1.82. The zero-order valence-electron chi connectivity index (χ0n) is 18.7. The normalized spacial score (nSPS) is 14.0. The second-order valence-electron chi connectivity index (χ2n) is 7.82. The summed E-state index contributed by atoms with van der Waals surface area (Å²) >= 11 is 0. The van der Waals surface area contributed by atoms with Gasteiger partial charge in [0.25, 0.3) is 0 Å². The summed E-state index contributed by atoms with van der Waals surface area (Å²) < 4.78 is 11.6. The van der Waals surface area contributed by atoms with Crippen LogP contribution in [0.25, 0.3) is 0 Å². The summed E-state index contributed by atoms with van der Waals surface area (Å²) in [6, 6.07) is 22.6. The van der Waals surface area contributed by atoms with Crippen LogP contribution < -0.4 is 9.64 Å². The van der Waals surface area contributed by atoms with Gasteiger partial charge in [-0.05, 0) is 67.7 Å². The number of hydrogen-bond acceptors (Lipinski definition) is 4. The van der Waals surface area contributed by atoms with E-state index in [0.29, 0.717) is 25.3 Å². The Hall–Kier alpha value is -3.53. The lowest BCUT2D eigenvalue weighted by Gasteiger charge is -2.30. The number of esters is 1. The molecular formula is C28H29NO3. The molecule has 164 valence electrons. The van der Waals surface area contributed by atoms with Gasteiger partial charge in [-0.25, -0.2) is 4.79 Å². The molecule has 32 heavy (non-hydrogen) atoms. The van der Waals surface area contributed by atoms with Crippen molar-refractivity contribution in [3.05, 3.63) is 101 Å². The molecule has 0 saturated carbocycles. The molecule has 4 nitrogen and oxygen atoms in total. The summed E-state index contributed by atoms with van der Waals surface area (Å²) in [5.74, 6) is 0.522. The molecule has 3 aromatic rings. The van der Waals surface area contributed by atoms with E-state index in [2.05, 4.69) is 35.2 Å². The minimum absolute atomic E-state index is 0.276. The van der Waals surface area contributed by atoms with Gasteiger partial charge < -0.3 is 14.4 Å². The molecule has 0 radical (unpaired) electrons. The van der Waals surface area contributed by atoms with Crippen molar-refractivity contribution in [1.29, 1.82) is 0 Å². The molecule has 4 heteroatoms. The minimum Gasteiger partial charge on any atom is -0.487 e. The lowest BCUT2D eigenvalue weighted by atomic mass is 9.93. The summed E-state index contributed by atoms with van der Waals surface area (Å²) in [4.78, 5) is 15.3. The molecule has 0 aliphatic carbocycles. The van der Waals surface area contributed by atoms with Crippen molar-refractivity contribution in [3.63, 3.8) is 0 Å². The fourth-order valence-corrected chi connectivity index (χ4v) is 4.22. The largest absolute Gasteiger partial charge is 0.487 e. The molecule has 0 unspecified atom stereocenters. The van der Waals surface area contributed by atoms with Crippen LogP contribution in [-0.4, -0.2) is 25.7 Å². The Morgan fingerprint density at radius 1 is 1.00 bits per heavy atom. The molecule has 0 N–H and O–H groups in total. The lowest BCUT2D eigenvalue weighted by Crippen LogP contribution is -2.23. The standard InChI is InChI=1S/C28H29NO3/c1-3-31-28(30)26-21(2)27-25(20-23(26)17-16-22-12-6-4-7-13-22)32-19-11-10-18-29(27)24-14-8-5-9-15-24/h4-15,20H,3,16-19H2,1-2H3/b11-10-. The first kappa shape index (κ1) is 21.7. The lowest BCUT2D eigenvalue weighted by molar-refractivity contribution is 0.0524. The van der Waals surface area contributed by atoms with E-state index in [-0.39, 0.29) is 5.97 Å². The van der Waals surface area contributed by atoms with E-state index in [9.17, 15) is 4.79 Å². The summed E-state index contributed by atoms with van der Waals surface area (Å²) in [5.41, 5.74) is 5.72. The number of hydrogen-bond donors (Lipinski definition) is 0. The van der Waals surface area contributed by atoms with E-state index >= 15 is 0 Å². The Morgan fingerprint density at radius 3 is 2.44 bits per heavy atom. The van der Waals surface area contributed by atoms with Gasteiger partial charge in [0.2, 0.25) is 0 Å².